The third-order valence-corrected chi connectivity index (χ3v) is 8.91. The van der Waals surface area contributed by atoms with Crippen molar-refractivity contribution in [1.29, 1.82) is 0 Å². The molecule has 0 saturated heterocycles. The maximum atomic E-state index is 5.64. The number of aromatic nitrogens is 3. The van der Waals surface area contributed by atoms with Gasteiger partial charge in [-0.3, -0.25) is 0 Å². The molecule has 0 bridgehead atoms. The summed E-state index contributed by atoms with van der Waals surface area (Å²) < 4.78 is 14.3. The molecule has 11 heteroatoms. The van der Waals surface area contributed by atoms with Crippen molar-refractivity contribution in [2.75, 3.05) is 45.2 Å². The first kappa shape index (κ1) is 17.4. The zero-order valence-corrected chi connectivity index (χ0v) is 14.2. The van der Waals surface area contributed by atoms with Crippen LogP contribution in [0.1, 0.15) is 0 Å². The molecule has 18 heavy (non-hydrogen) atoms. The first-order chi connectivity index (χ1) is 8.40. The molecule has 0 amide bonds. The fraction of sp³-hybridized carbons (Fsp3) is 0.571. The quantitative estimate of drug-likeness (QED) is 0.595. The van der Waals surface area contributed by atoms with Crippen LogP contribution in [0.4, 0.5) is 17.8 Å². The van der Waals surface area contributed by atoms with E-state index in [0.29, 0.717) is 5.95 Å². The molecule has 5 N–H and O–H groups in total. The number of anilines is 3. The van der Waals surface area contributed by atoms with Gasteiger partial charge in [0.15, 0.2) is 0 Å². The number of nitrogens with one attached hydrogen (secondary N) is 1. The second-order valence-electron chi connectivity index (χ2n) is 2.72. The first-order valence-corrected chi connectivity index (χ1v) is 11.8. The van der Waals surface area contributed by atoms with Crippen LogP contribution in [0.15, 0.2) is 0 Å². The molecule has 0 aliphatic carbocycles. The average molecular weight is 387 g/mol. The van der Waals surface area contributed by atoms with E-state index in [1.165, 1.54) is 21.3 Å². The number of hydrogen-bond donors (Lipinski definition) is 3. The summed E-state index contributed by atoms with van der Waals surface area (Å²) in [6.45, 7) is 0. The van der Waals surface area contributed by atoms with Crippen LogP contribution in [0.3, 0.4) is 0 Å². The molecule has 0 fully saturated rings. The van der Waals surface area contributed by atoms with Gasteiger partial charge in [-0.2, -0.15) is 15.0 Å². The Bertz CT molecular complexity index is 339. The van der Waals surface area contributed by atoms with Crippen LogP contribution in [-0.4, -0.2) is 61.8 Å². The molecule has 1 aromatic rings. The van der Waals surface area contributed by atoms with E-state index in [0.717, 1.165) is 0 Å². The van der Waals surface area contributed by atoms with Gasteiger partial charge in [-0.25, -0.2) is 0 Å². The Kier molecular flexibility index (Phi) is 8.18. The third-order valence-electron chi connectivity index (χ3n) is 1.63. The number of nitrogen functional groups attached to an aromatic ring is 2. The van der Waals surface area contributed by atoms with E-state index in [1.54, 1.807) is 7.05 Å². The van der Waals surface area contributed by atoms with Gasteiger partial charge >= 0.3 is 58.0 Å². The first-order valence-electron chi connectivity index (χ1n) is 4.70. The Morgan fingerprint density at radius 2 is 1.39 bits per heavy atom. The van der Waals surface area contributed by atoms with Crippen molar-refractivity contribution in [3.05, 3.63) is 0 Å². The zero-order valence-electron chi connectivity index (χ0n) is 10.6. The molecule has 104 valence electrons. The van der Waals surface area contributed by atoms with E-state index in [1.807, 2.05) is 0 Å². The summed E-state index contributed by atoms with van der Waals surface area (Å²) in [5, 5.41) is 2.69. The molecule has 0 radical (unpaired) electrons. The number of rotatable bonds is 4. The molecule has 1 aromatic heterocycles. The number of halogens is 1. The topological polar surface area (TPSA) is 130 Å². The van der Waals surface area contributed by atoms with Crippen molar-refractivity contribution < 1.29 is 9.22 Å². The molecular weight excluding hydrogens is 370 g/mol. The van der Waals surface area contributed by atoms with Gasteiger partial charge in [0.25, 0.3) is 0 Å². The van der Waals surface area contributed by atoms with Crippen LogP contribution in [0.5, 0.6) is 0 Å². The Morgan fingerprint density at radius 3 is 1.61 bits per heavy atom. The van der Waals surface area contributed by atoms with Crippen LogP contribution in [0.2, 0.25) is 0 Å². The van der Waals surface area contributed by atoms with Gasteiger partial charge in [-0.05, 0) is 0 Å². The molecule has 0 spiro atoms. The fourth-order valence-corrected chi connectivity index (χ4v) is 2.20. The fourth-order valence-electron chi connectivity index (χ4n) is 0.771. The minimum atomic E-state index is -3.36. The van der Waals surface area contributed by atoms with Gasteiger partial charge in [-0.1, -0.05) is 0 Å². The van der Waals surface area contributed by atoms with Gasteiger partial charge in [0, 0.05) is 7.05 Å². The van der Waals surface area contributed by atoms with E-state index in [4.69, 9.17) is 29.6 Å². The standard InChI is InChI=1S/C4H8N6.3CH3O.ClH.Sn/c1-7-4-9-2(5)8-3(6)10-4;3*1-2;;/h1H3,(H5,5,6,7,8,9,10);3*1H3;1H;/q;3*-1;;+4/p-1. The summed E-state index contributed by atoms with van der Waals surface area (Å²) >= 11 is -3.36. The molecule has 0 aliphatic heterocycles. The van der Waals surface area contributed by atoms with Crippen LogP contribution in [0, 0.1) is 0 Å². The van der Waals surface area contributed by atoms with E-state index in [2.05, 4.69) is 20.3 Å². The van der Waals surface area contributed by atoms with Crippen LogP contribution in [0.25, 0.3) is 0 Å². The molecule has 0 aliphatic rings. The molecule has 1 heterocycles. The van der Waals surface area contributed by atoms with Crippen LogP contribution < -0.4 is 16.8 Å². The van der Waals surface area contributed by atoms with Gasteiger partial charge in [-0.15, -0.1) is 0 Å². The Morgan fingerprint density at radius 1 is 1.00 bits per heavy atom. The monoisotopic (exact) mass is 388 g/mol. The molecule has 1 rings (SSSR count). The number of nitrogens with two attached hydrogens (primary N) is 2. The van der Waals surface area contributed by atoms with Crippen molar-refractivity contribution in [1.82, 2.24) is 15.0 Å². The summed E-state index contributed by atoms with van der Waals surface area (Å²) in [6.07, 6.45) is 0. The van der Waals surface area contributed by atoms with Gasteiger partial charge < -0.3 is 16.8 Å². The molecular formula is C7H17ClN6O3Sn. The Hall–Kier alpha value is -0.621. The second kappa shape index (κ2) is 8.48. The predicted octanol–water partition coefficient (Wildman–Crippen LogP) is -0.322. The second-order valence-corrected chi connectivity index (χ2v) is 12.1. The number of nitrogens with zero attached hydrogens (tertiary/aromatic N) is 3. The van der Waals surface area contributed by atoms with E-state index in [9.17, 15) is 0 Å². The van der Waals surface area contributed by atoms with E-state index < -0.39 is 18.5 Å². The van der Waals surface area contributed by atoms with Crippen molar-refractivity contribution in [3.63, 3.8) is 0 Å². The summed E-state index contributed by atoms with van der Waals surface area (Å²) in [4.78, 5) is 11.0. The van der Waals surface area contributed by atoms with Gasteiger partial charge in [0.1, 0.15) is 0 Å². The summed E-state index contributed by atoms with van der Waals surface area (Å²) in [5.74, 6) is 0.624. The van der Waals surface area contributed by atoms with E-state index in [-0.39, 0.29) is 11.9 Å². The van der Waals surface area contributed by atoms with Crippen LogP contribution >= 0.6 is 8.92 Å². The zero-order chi connectivity index (χ0) is 14.2. The summed E-state index contributed by atoms with van der Waals surface area (Å²) in [6, 6.07) is 0. The average Bonchev–Trinajstić information content (AvgIpc) is 2.37. The van der Waals surface area contributed by atoms with E-state index >= 15 is 0 Å². The normalized spacial score (nSPS) is 10.5. The SMILES string of the molecule is CNc1nc(N)nc(N)n1.C[O][Sn]([Cl])([O]C)[O]C. The van der Waals surface area contributed by atoms with Crippen molar-refractivity contribution >= 4 is 45.3 Å². The van der Waals surface area contributed by atoms with Gasteiger partial charge in [0.05, 0.1) is 0 Å². The Balaban J connectivity index is 0.000000331. The third kappa shape index (κ3) is 6.35. The molecule has 0 aromatic carbocycles. The Labute approximate surface area is 114 Å². The van der Waals surface area contributed by atoms with Crippen LogP contribution in [-0.2, 0) is 9.22 Å². The maximum absolute atomic E-state index is 5.64. The minimum absolute atomic E-state index is 0.122. The summed E-state index contributed by atoms with van der Waals surface area (Å²) in [5.41, 5.74) is 10.5. The summed E-state index contributed by atoms with van der Waals surface area (Å²) in [7, 11) is 11.8. The van der Waals surface area contributed by atoms with Gasteiger partial charge in [0.2, 0.25) is 17.8 Å². The molecule has 0 unspecified atom stereocenters. The molecule has 0 saturated carbocycles. The predicted molar refractivity (Wildman–Crippen MR) is 70.8 cm³/mol. The van der Waals surface area contributed by atoms with Crippen molar-refractivity contribution in [2.45, 2.75) is 0 Å². The molecule has 0 atom stereocenters. The number of hydrogen-bond acceptors (Lipinski definition) is 9. The van der Waals surface area contributed by atoms with Crippen molar-refractivity contribution in [3.8, 4) is 0 Å². The van der Waals surface area contributed by atoms with Crippen molar-refractivity contribution in [2.24, 2.45) is 0 Å². The molecule has 9 nitrogen and oxygen atoms in total.